The summed E-state index contributed by atoms with van der Waals surface area (Å²) < 4.78 is 5.63. The van der Waals surface area contributed by atoms with Crippen molar-refractivity contribution in [2.75, 3.05) is 26.7 Å². The first kappa shape index (κ1) is 17.5. The molecule has 0 saturated carbocycles. The SMILES string of the molecule is CCCCOc1ccc(CCNC(=O)C(C)CNC)cc1. The lowest BCUT2D eigenvalue weighted by Gasteiger charge is -2.11. The molecule has 0 spiro atoms. The Morgan fingerprint density at radius 1 is 1.29 bits per heavy atom. The first-order chi connectivity index (χ1) is 10.2. The number of nitrogens with one attached hydrogen (secondary N) is 2. The number of rotatable bonds is 10. The molecule has 4 nitrogen and oxygen atoms in total. The van der Waals surface area contributed by atoms with Gasteiger partial charge >= 0.3 is 0 Å². The maximum Gasteiger partial charge on any atom is 0.224 e. The van der Waals surface area contributed by atoms with Crippen LogP contribution in [-0.2, 0) is 11.2 Å². The lowest BCUT2D eigenvalue weighted by Crippen LogP contribution is -2.35. The van der Waals surface area contributed by atoms with Crippen LogP contribution in [0.3, 0.4) is 0 Å². The van der Waals surface area contributed by atoms with Crippen LogP contribution in [0.5, 0.6) is 5.75 Å². The third kappa shape index (κ3) is 7.14. The van der Waals surface area contributed by atoms with Crippen LogP contribution in [-0.4, -0.2) is 32.7 Å². The van der Waals surface area contributed by atoms with E-state index in [9.17, 15) is 4.79 Å². The third-order valence-electron chi connectivity index (χ3n) is 3.36. The number of hydrogen-bond acceptors (Lipinski definition) is 3. The molecule has 2 N–H and O–H groups in total. The van der Waals surface area contributed by atoms with Gasteiger partial charge in [0.05, 0.1) is 6.61 Å². The van der Waals surface area contributed by atoms with Crippen LogP contribution in [0.4, 0.5) is 0 Å². The first-order valence-corrected chi connectivity index (χ1v) is 7.81. The Morgan fingerprint density at radius 3 is 2.62 bits per heavy atom. The van der Waals surface area contributed by atoms with Crippen molar-refractivity contribution in [1.82, 2.24) is 10.6 Å². The Balaban J connectivity index is 2.27. The van der Waals surface area contributed by atoms with Gasteiger partial charge in [0.2, 0.25) is 5.91 Å². The fourth-order valence-corrected chi connectivity index (χ4v) is 1.99. The molecular weight excluding hydrogens is 264 g/mol. The van der Waals surface area contributed by atoms with Gasteiger partial charge in [-0.05, 0) is 37.6 Å². The van der Waals surface area contributed by atoms with E-state index in [0.717, 1.165) is 31.6 Å². The second-order valence-corrected chi connectivity index (χ2v) is 5.35. The Kier molecular flexibility index (Phi) is 8.51. The predicted molar refractivity (Wildman–Crippen MR) is 86.6 cm³/mol. The molecule has 118 valence electrons. The van der Waals surface area contributed by atoms with Gasteiger partial charge in [0.15, 0.2) is 0 Å². The lowest BCUT2D eigenvalue weighted by atomic mass is 10.1. The van der Waals surface area contributed by atoms with Gasteiger partial charge in [0.1, 0.15) is 5.75 Å². The summed E-state index contributed by atoms with van der Waals surface area (Å²) in [5.41, 5.74) is 1.21. The Labute approximate surface area is 128 Å². The third-order valence-corrected chi connectivity index (χ3v) is 3.36. The van der Waals surface area contributed by atoms with Crippen molar-refractivity contribution in [3.63, 3.8) is 0 Å². The topological polar surface area (TPSA) is 50.4 Å². The summed E-state index contributed by atoms with van der Waals surface area (Å²) in [5, 5.41) is 5.97. The molecule has 1 atom stereocenters. The zero-order chi connectivity index (χ0) is 15.5. The monoisotopic (exact) mass is 292 g/mol. The van der Waals surface area contributed by atoms with Crippen LogP contribution in [0.2, 0.25) is 0 Å². The molecule has 1 aromatic carbocycles. The lowest BCUT2D eigenvalue weighted by molar-refractivity contribution is -0.124. The zero-order valence-corrected chi connectivity index (χ0v) is 13.4. The van der Waals surface area contributed by atoms with Crippen LogP contribution in [0, 0.1) is 5.92 Å². The van der Waals surface area contributed by atoms with Gasteiger partial charge < -0.3 is 15.4 Å². The number of hydrogen-bond donors (Lipinski definition) is 2. The maximum absolute atomic E-state index is 11.8. The van der Waals surface area contributed by atoms with Crippen molar-refractivity contribution >= 4 is 5.91 Å². The summed E-state index contributed by atoms with van der Waals surface area (Å²) in [4.78, 5) is 11.8. The highest BCUT2D eigenvalue weighted by atomic mass is 16.5. The number of carbonyl (C=O) groups is 1. The largest absolute Gasteiger partial charge is 0.494 e. The van der Waals surface area contributed by atoms with Gasteiger partial charge in [-0.15, -0.1) is 0 Å². The summed E-state index contributed by atoms with van der Waals surface area (Å²) in [7, 11) is 1.86. The van der Waals surface area contributed by atoms with E-state index < -0.39 is 0 Å². The number of amides is 1. The molecule has 0 aromatic heterocycles. The number of carbonyl (C=O) groups excluding carboxylic acids is 1. The van der Waals surface area contributed by atoms with Gasteiger partial charge in [0, 0.05) is 19.0 Å². The minimum absolute atomic E-state index is 0.00402. The summed E-state index contributed by atoms with van der Waals surface area (Å²) in [6.45, 7) is 6.22. The molecule has 1 rings (SSSR count). The van der Waals surface area contributed by atoms with Crippen LogP contribution < -0.4 is 15.4 Å². The smallest absolute Gasteiger partial charge is 0.224 e. The predicted octanol–water partition coefficient (Wildman–Crippen LogP) is 2.38. The van der Waals surface area contributed by atoms with E-state index >= 15 is 0 Å². The first-order valence-electron chi connectivity index (χ1n) is 7.81. The summed E-state index contributed by atoms with van der Waals surface area (Å²) in [6, 6.07) is 8.11. The average Bonchev–Trinajstić information content (AvgIpc) is 2.49. The van der Waals surface area contributed by atoms with Gasteiger partial charge in [0.25, 0.3) is 0 Å². The Morgan fingerprint density at radius 2 is 2.00 bits per heavy atom. The number of benzene rings is 1. The van der Waals surface area contributed by atoms with E-state index in [2.05, 4.69) is 29.7 Å². The Bertz CT molecular complexity index is 404. The second-order valence-electron chi connectivity index (χ2n) is 5.35. The van der Waals surface area contributed by atoms with Gasteiger partial charge in [-0.25, -0.2) is 0 Å². The van der Waals surface area contributed by atoms with Gasteiger partial charge in [-0.2, -0.15) is 0 Å². The maximum atomic E-state index is 11.8. The molecule has 0 bridgehead atoms. The average molecular weight is 292 g/mol. The van der Waals surface area contributed by atoms with Crippen molar-refractivity contribution in [3.8, 4) is 5.75 Å². The fourth-order valence-electron chi connectivity index (χ4n) is 1.99. The standard InChI is InChI=1S/C17H28N2O2/c1-4-5-12-21-16-8-6-15(7-9-16)10-11-19-17(20)14(2)13-18-3/h6-9,14,18H,4-5,10-13H2,1-3H3,(H,19,20). The van der Waals surface area contributed by atoms with E-state index in [1.54, 1.807) is 0 Å². The molecule has 1 amide bonds. The van der Waals surface area contributed by atoms with Gasteiger partial charge in [-0.1, -0.05) is 32.4 Å². The van der Waals surface area contributed by atoms with E-state index in [-0.39, 0.29) is 11.8 Å². The van der Waals surface area contributed by atoms with Crippen molar-refractivity contribution < 1.29 is 9.53 Å². The molecule has 0 aliphatic heterocycles. The highest BCUT2D eigenvalue weighted by Gasteiger charge is 2.10. The highest BCUT2D eigenvalue weighted by molar-refractivity contribution is 5.78. The quantitative estimate of drug-likeness (QED) is 0.651. The van der Waals surface area contributed by atoms with Crippen LogP contribution in [0.15, 0.2) is 24.3 Å². The van der Waals surface area contributed by atoms with Crippen LogP contribution in [0.25, 0.3) is 0 Å². The molecule has 21 heavy (non-hydrogen) atoms. The Hall–Kier alpha value is -1.55. The van der Waals surface area contributed by atoms with Gasteiger partial charge in [-0.3, -0.25) is 4.79 Å². The number of ether oxygens (including phenoxy) is 1. The molecule has 1 unspecified atom stereocenters. The molecule has 0 aliphatic rings. The summed E-state index contributed by atoms with van der Waals surface area (Å²) >= 11 is 0. The van der Waals surface area contributed by atoms with E-state index in [1.165, 1.54) is 5.56 Å². The molecule has 0 radical (unpaired) electrons. The molecule has 0 heterocycles. The molecular formula is C17H28N2O2. The number of unbranched alkanes of at least 4 members (excludes halogenated alkanes) is 1. The molecule has 1 aromatic rings. The molecule has 0 fully saturated rings. The minimum atomic E-state index is 0.00402. The summed E-state index contributed by atoms with van der Waals surface area (Å²) in [5.74, 6) is 1.02. The highest BCUT2D eigenvalue weighted by Crippen LogP contribution is 2.13. The van der Waals surface area contributed by atoms with E-state index in [0.29, 0.717) is 13.1 Å². The summed E-state index contributed by atoms with van der Waals surface area (Å²) in [6.07, 6.45) is 3.07. The van der Waals surface area contributed by atoms with E-state index in [4.69, 9.17) is 4.74 Å². The van der Waals surface area contributed by atoms with Crippen molar-refractivity contribution in [2.24, 2.45) is 5.92 Å². The van der Waals surface area contributed by atoms with Crippen LogP contribution in [0.1, 0.15) is 32.3 Å². The zero-order valence-electron chi connectivity index (χ0n) is 13.4. The van der Waals surface area contributed by atoms with Crippen LogP contribution >= 0.6 is 0 Å². The molecule has 0 saturated heterocycles. The normalized spacial score (nSPS) is 12.0. The van der Waals surface area contributed by atoms with E-state index in [1.807, 2.05) is 26.1 Å². The van der Waals surface area contributed by atoms with Crippen molar-refractivity contribution in [1.29, 1.82) is 0 Å². The molecule has 4 heteroatoms. The second kappa shape index (κ2) is 10.2. The minimum Gasteiger partial charge on any atom is -0.494 e. The van der Waals surface area contributed by atoms with Crippen molar-refractivity contribution in [2.45, 2.75) is 33.1 Å². The molecule has 0 aliphatic carbocycles. The van der Waals surface area contributed by atoms with Crippen molar-refractivity contribution in [3.05, 3.63) is 29.8 Å². The fraction of sp³-hybridized carbons (Fsp3) is 0.588.